The number of H-pyrrole nitrogens is 1. The lowest BCUT2D eigenvalue weighted by molar-refractivity contribution is -0.143. The van der Waals surface area contributed by atoms with Crippen LogP contribution in [-0.4, -0.2) is 38.4 Å². The number of carboxylic acids is 1. The minimum Gasteiger partial charge on any atom is -0.479 e. The molecule has 1 atom stereocenters. The monoisotopic (exact) mass is 319 g/mol. The van der Waals surface area contributed by atoms with Crippen LogP contribution in [0.1, 0.15) is 46.0 Å². The molecule has 0 spiro atoms. The summed E-state index contributed by atoms with van der Waals surface area (Å²) in [5, 5.41) is 11.3. The molecule has 0 fully saturated rings. The van der Waals surface area contributed by atoms with Crippen molar-refractivity contribution in [2.75, 3.05) is 6.54 Å². The number of nitrogens with zero attached hydrogens (tertiary/aromatic N) is 2. The standard InChI is InChI=1S/C15H17N3O3S/c1-2-3-10-6-9(7-22-10)14(19)18-5-4-11-12(17-8-16-11)13(18)15(20)21/h6-8,13H,2-5H2,1H3,(H,16,17)(H,20,21)/t13-/m1/s1. The van der Waals surface area contributed by atoms with Crippen molar-refractivity contribution in [1.29, 1.82) is 0 Å². The van der Waals surface area contributed by atoms with Crippen LogP contribution in [0.15, 0.2) is 17.8 Å². The van der Waals surface area contributed by atoms with Crippen LogP contribution in [0.4, 0.5) is 0 Å². The topological polar surface area (TPSA) is 86.3 Å². The number of nitrogens with one attached hydrogen (secondary N) is 1. The van der Waals surface area contributed by atoms with Crippen molar-refractivity contribution in [1.82, 2.24) is 14.9 Å². The number of aromatic amines is 1. The van der Waals surface area contributed by atoms with Crippen molar-refractivity contribution in [3.8, 4) is 0 Å². The number of carboxylic acid groups (broad SMARTS) is 1. The maximum Gasteiger partial charge on any atom is 0.332 e. The first-order chi connectivity index (χ1) is 10.6. The van der Waals surface area contributed by atoms with Gasteiger partial charge in [0.1, 0.15) is 0 Å². The summed E-state index contributed by atoms with van der Waals surface area (Å²) in [6.45, 7) is 2.47. The van der Waals surface area contributed by atoms with E-state index < -0.39 is 12.0 Å². The molecule has 116 valence electrons. The zero-order chi connectivity index (χ0) is 15.7. The van der Waals surface area contributed by atoms with Gasteiger partial charge in [-0.2, -0.15) is 0 Å². The zero-order valence-corrected chi connectivity index (χ0v) is 13.0. The largest absolute Gasteiger partial charge is 0.479 e. The number of hydrogen-bond donors (Lipinski definition) is 2. The minimum absolute atomic E-state index is 0.236. The zero-order valence-electron chi connectivity index (χ0n) is 12.2. The van der Waals surface area contributed by atoms with E-state index in [-0.39, 0.29) is 5.91 Å². The Balaban J connectivity index is 1.89. The average Bonchev–Trinajstić information content (AvgIpc) is 3.14. The van der Waals surface area contributed by atoms with Gasteiger partial charge in [0, 0.05) is 28.9 Å². The first-order valence-electron chi connectivity index (χ1n) is 7.25. The molecule has 2 aromatic rings. The molecule has 3 heterocycles. The van der Waals surface area contributed by atoms with Gasteiger partial charge in [0.05, 0.1) is 17.6 Å². The van der Waals surface area contributed by atoms with Crippen LogP contribution >= 0.6 is 11.3 Å². The number of carbonyl (C=O) groups is 2. The van der Waals surface area contributed by atoms with E-state index in [0.717, 1.165) is 23.4 Å². The summed E-state index contributed by atoms with van der Waals surface area (Å²) in [6.07, 6.45) is 4.03. The number of fused-ring (bicyclic) bond motifs is 1. The Morgan fingerprint density at radius 2 is 2.36 bits per heavy atom. The van der Waals surface area contributed by atoms with E-state index in [0.29, 0.717) is 24.2 Å². The maximum atomic E-state index is 12.7. The highest BCUT2D eigenvalue weighted by Crippen LogP contribution is 2.30. The number of aliphatic carboxylic acids is 1. The van der Waals surface area contributed by atoms with Gasteiger partial charge in [-0.1, -0.05) is 13.3 Å². The predicted octanol–water partition coefficient (Wildman–Crippen LogP) is 2.25. The Bertz CT molecular complexity index is 706. The fraction of sp³-hybridized carbons (Fsp3) is 0.400. The van der Waals surface area contributed by atoms with Crippen molar-refractivity contribution in [3.63, 3.8) is 0 Å². The molecule has 0 aromatic carbocycles. The molecule has 7 heteroatoms. The van der Waals surface area contributed by atoms with Gasteiger partial charge in [-0.3, -0.25) is 4.79 Å². The summed E-state index contributed by atoms with van der Waals surface area (Å²) >= 11 is 1.55. The molecule has 1 aliphatic rings. The third-order valence-electron chi connectivity index (χ3n) is 3.82. The number of thiophene rings is 1. The first-order valence-corrected chi connectivity index (χ1v) is 8.13. The predicted molar refractivity (Wildman–Crippen MR) is 82.0 cm³/mol. The van der Waals surface area contributed by atoms with Crippen molar-refractivity contribution < 1.29 is 14.7 Å². The fourth-order valence-corrected chi connectivity index (χ4v) is 3.75. The number of imidazole rings is 1. The van der Waals surface area contributed by atoms with Crippen molar-refractivity contribution >= 4 is 23.2 Å². The lowest BCUT2D eigenvalue weighted by atomic mass is 10.0. The minimum atomic E-state index is -1.05. The SMILES string of the molecule is CCCc1cc(C(=O)N2CCc3[nH]cnc3[C@@H]2C(=O)O)cs1. The summed E-state index contributed by atoms with van der Waals surface area (Å²) in [6, 6.07) is 0.854. The van der Waals surface area contributed by atoms with Gasteiger partial charge in [-0.05, 0) is 12.5 Å². The number of aromatic nitrogens is 2. The molecule has 6 nitrogen and oxygen atoms in total. The Morgan fingerprint density at radius 3 is 3.09 bits per heavy atom. The molecule has 2 N–H and O–H groups in total. The number of rotatable bonds is 4. The fourth-order valence-electron chi connectivity index (χ4n) is 2.78. The highest BCUT2D eigenvalue weighted by atomic mass is 32.1. The third kappa shape index (κ3) is 2.52. The molecular weight excluding hydrogens is 302 g/mol. The van der Waals surface area contributed by atoms with Crippen molar-refractivity contribution in [2.24, 2.45) is 0 Å². The second-order valence-corrected chi connectivity index (χ2v) is 6.30. The molecular formula is C15H17N3O3S. The Kier molecular flexibility index (Phi) is 3.98. The van der Waals surface area contributed by atoms with Gasteiger partial charge < -0.3 is 15.0 Å². The molecule has 0 saturated carbocycles. The quantitative estimate of drug-likeness (QED) is 0.905. The van der Waals surface area contributed by atoms with Gasteiger partial charge in [0.15, 0.2) is 6.04 Å². The number of hydrogen-bond acceptors (Lipinski definition) is 4. The molecule has 0 radical (unpaired) electrons. The van der Waals surface area contributed by atoms with E-state index in [4.69, 9.17) is 0 Å². The van der Waals surface area contributed by atoms with Crippen LogP contribution < -0.4 is 0 Å². The van der Waals surface area contributed by atoms with Crippen LogP contribution in [0.5, 0.6) is 0 Å². The van der Waals surface area contributed by atoms with Gasteiger partial charge in [-0.25, -0.2) is 9.78 Å². The van der Waals surface area contributed by atoms with E-state index in [9.17, 15) is 14.7 Å². The van der Waals surface area contributed by atoms with Crippen LogP contribution in [0.2, 0.25) is 0 Å². The summed E-state index contributed by atoms with van der Waals surface area (Å²) in [7, 11) is 0. The highest BCUT2D eigenvalue weighted by molar-refractivity contribution is 7.10. The normalized spacial score (nSPS) is 17.3. The molecule has 0 saturated heterocycles. The molecule has 3 rings (SSSR count). The molecule has 1 amide bonds. The van der Waals surface area contributed by atoms with Gasteiger partial charge >= 0.3 is 5.97 Å². The lowest BCUT2D eigenvalue weighted by Crippen LogP contribution is -2.43. The molecule has 0 unspecified atom stereocenters. The van der Waals surface area contributed by atoms with Crippen molar-refractivity contribution in [3.05, 3.63) is 39.6 Å². The Labute approximate surface area is 131 Å². The molecule has 0 bridgehead atoms. The smallest absolute Gasteiger partial charge is 0.332 e. The molecule has 2 aromatic heterocycles. The van der Waals surface area contributed by atoms with Crippen LogP contribution in [0.3, 0.4) is 0 Å². The molecule has 22 heavy (non-hydrogen) atoms. The van der Waals surface area contributed by atoms with Crippen molar-refractivity contribution in [2.45, 2.75) is 32.2 Å². The van der Waals surface area contributed by atoms with E-state index in [1.807, 2.05) is 11.4 Å². The van der Waals surface area contributed by atoms with E-state index >= 15 is 0 Å². The van der Waals surface area contributed by atoms with Crippen LogP contribution in [0.25, 0.3) is 0 Å². The number of aryl methyl sites for hydroxylation is 1. The van der Waals surface area contributed by atoms with Gasteiger partial charge in [0.2, 0.25) is 0 Å². The van der Waals surface area contributed by atoms with Gasteiger partial charge in [-0.15, -0.1) is 11.3 Å². The second-order valence-electron chi connectivity index (χ2n) is 5.31. The molecule has 0 aliphatic carbocycles. The van der Waals surface area contributed by atoms with E-state index in [2.05, 4.69) is 16.9 Å². The third-order valence-corrected chi connectivity index (χ3v) is 4.81. The lowest BCUT2D eigenvalue weighted by Gasteiger charge is -2.32. The summed E-state index contributed by atoms with van der Waals surface area (Å²) in [4.78, 5) is 33.9. The van der Waals surface area contributed by atoms with Gasteiger partial charge in [0.25, 0.3) is 5.91 Å². The first kappa shape index (κ1) is 14.8. The van der Waals surface area contributed by atoms with E-state index in [1.165, 1.54) is 11.2 Å². The van der Waals surface area contributed by atoms with Crippen LogP contribution in [0, 0.1) is 0 Å². The van der Waals surface area contributed by atoms with E-state index in [1.54, 1.807) is 11.3 Å². The molecule has 1 aliphatic heterocycles. The number of amides is 1. The Morgan fingerprint density at radius 1 is 1.55 bits per heavy atom. The summed E-state index contributed by atoms with van der Waals surface area (Å²) in [5.74, 6) is -1.29. The Hall–Kier alpha value is -2.15. The summed E-state index contributed by atoms with van der Waals surface area (Å²) < 4.78 is 0. The maximum absolute atomic E-state index is 12.7. The average molecular weight is 319 g/mol. The highest BCUT2D eigenvalue weighted by Gasteiger charge is 2.38. The number of carbonyl (C=O) groups excluding carboxylic acids is 1. The second kappa shape index (κ2) is 5.92. The van der Waals surface area contributed by atoms with Crippen LogP contribution in [-0.2, 0) is 17.6 Å². The summed E-state index contributed by atoms with van der Waals surface area (Å²) in [5.41, 5.74) is 1.81.